The van der Waals surface area contributed by atoms with Crippen LogP contribution in [0.25, 0.3) is 5.69 Å². The van der Waals surface area contributed by atoms with Crippen molar-refractivity contribution in [2.24, 2.45) is 0 Å². The van der Waals surface area contributed by atoms with E-state index in [0.717, 1.165) is 0 Å². The van der Waals surface area contributed by atoms with Gasteiger partial charge in [-0.3, -0.25) is 0 Å². The van der Waals surface area contributed by atoms with Crippen LogP contribution in [-0.2, 0) is 0 Å². The Bertz CT molecular complexity index is 907. The van der Waals surface area contributed by atoms with Gasteiger partial charge in [0.15, 0.2) is 5.82 Å². The van der Waals surface area contributed by atoms with E-state index in [4.69, 9.17) is 11.6 Å². The van der Waals surface area contributed by atoms with Crippen LogP contribution in [0.4, 0.5) is 15.9 Å². The molecule has 0 fully saturated rings. The van der Waals surface area contributed by atoms with Crippen LogP contribution in [-0.4, -0.2) is 20.9 Å². The summed E-state index contributed by atoms with van der Waals surface area (Å²) in [5, 5.41) is 17.3. The Hall–Kier alpha value is -2.86. The number of nitrogens with zero attached hydrogens (tertiary/aromatic N) is 2. The molecule has 1 heterocycles. The minimum atomic E-state index is -1.11. The minimum Gasteiger partial charge on any atom is -0.477 e. The number of rotatable bonds is 4. The first-order chi connectivity index (χ1) is 11.5. The maximum absolute atomic E-state index is 13.1. The summed E-state index contributed by atoms with van der Waals surface area (Å²) >= 11 is 5.94. The third-order valence-corrected chi connectivity index (χ3v) is 3.72. The number of aromatic nitrogens is 2. The van der Waals surface area contributed by atoms with Gasteiger partial charge in [-0.15, -0.1) is 5.10 Å². The van der Waals surface area contributed by atoms with Gasteiger partial charge in [-0.1, -0.05) is 17.7 Å². The Morgan fingerprint density at radius 1 is 1.25 bits per heavy atom. The second-order valence-corrected chi connectivity index (χ2v) is 5.57. The van der Waals surface area contributed by atoms with Crippen molar-refractivity contribution in [3.8, 4) is 5.69 Å². The van der Waals surface area contributed by atoms with Crippen molar-refractivity contribution in [2.75, 3.05) is 5.32 Å². The maximum Gasteiger partial charge on any atom is 0.341 e. The zero-order chi connectivity index (χ0) is 17.3. The van der Waals surface area contributed by atoms with Gasteiger partial charge in [-0.2, -0.15) is 0 Å². The normalized spacial score (nSPS) is 10.6. The number of carboxylic acid groups (broad SMARTS) is 1. The molecule has 0 aliphatic heterocycles. The van der Waals surface area contributed by atoms with E-state index in [0.29, 0.717) is 22.1 Å². The Morgan fingerprint density at radius 3 is 2.58 bits per heavy atom. The van der Waals surface area contributed by atoms with Crippen molar-refractivity contribution >= 4 is 29.1 Å². The van der Waals surface area contributed by atoms with Crippen LogP contribution >= 0.6 is 11.6 Å². The van der Waals surface area contributed by atoms with E-state index >= 15 is 0 Å². The Labute approximate surface area is 142 Å². The third kappa shape index (κ3) is 3.09. The van der Waals surface area contributed by atoms with Crippen LogP contribution in [0.15, 0.2) is 48.5 Å². The lowest BCUT2D eigenvalue weighted by molar-refractivity contribution is 0.0697. The summed E-state index contributed by atoms with van der Waals surface area (Å²) < 4.78 is 14.5. The number of carbonyl (C=O) groups is 1. The molecule has 0 saturated heterocycles. The summed E-state index contributed by atoms with van der Waals surface area (Å²) in [4.78, 5) is 11.6. The molecule has 0 amide bonds. The van der Waals surface area contributed by atoms with Gasteiger partial charge >= 0.3 is 5.97 Å². The lowest BCUT2D eigenvalue weighted by Gasteiger charge is -2.04. The summed E-state index contributed by atoms with van der Waals surface area (Å²) in [6, 6.07) is 12.5. The van der Waals surface area contributed by atoms with Crippen molar-refractivity contribution in [1.29, 1.82) is 0 Å². The van der Waals surface area contributed by atoms with Crippen LogP contribution in [0.5, 0.6) is 0 Å². The summed E-state index contributed by atoms with van der Waals surface area (Å²) in [7, 11) is 0. The molecule has 0 aliphatic carbocycles. The van der Waals surface area contributed by atoms with E-state index in [1.165, 1.54) is 28.9 Å². The molecule has 0 atom stereocenters. The molecule has 24 heavy (non-hydrogen) atoms. The molecule has 7 heteroatoms. The topological polar surface area (TPSA) is 67.2 Å². The van der Waals surface area contributed by atoms with Gasteiger partial charge in [-0.25, -0.2) is 13.9 Å². The predicted octanol–water partition coefficient (Wildman–Crippen LogP) is 4.42. The molecule has 5 nitrogen and oxygen atoms in total. The average molecular weight is 346 g/mol. The van der Waals surface area contributed by atoms with E-state index in [-0.39, 0.29) is 17.2 Å². The first-order valence-corrected chi connectivity index (χ1v) is 7.45. The number of halogens is 2. The van der Waals surface area contributed by atoms with Crippen LogP contribution in [0, 0.1) is 12.7 Å². The van der Waals surface area contributed by atoms with Gasteiger partial charge in [0.2, 0.25) is 0 Å². The van der Waals surface area contributed by atoms with Gasteiger partial charge in [0, 0.05) is 10.7 Å². The van der Waals surface area contributed by atoms with Gasteiger partial charge in [0.05, 0.1) is 11.4 Å². The van der Waals surface area contributed by atoms with Crippen molar-refractivity contribution < 1.29 is 14.3 Å². The summed E-state index contributed by atoms with van der Waals surface area (Å²) in [6.07, 6.45) is 0. The third-order valence-electron chi connectivity index (χ3n) is 3.49. The van der Waals surface area contributed by atoms with E-state index in [1.54, 1.807) is 31.2 Å². The molecule has 2 N–H and O–H groups in total. The fourth-order valence-electron chi connectivity index (χ4n) is 2.38. The Morgan fingerprint density at radius 2 is 1.96 bits per heavy atom. The zero-order valence-corrected chi connectivity index (χ0v) is 13.4. The van der Waals surface area contributed by atoms with E-state index in [2.05, 4.69) is 10.4 Å². The Balaban J connectivity index is 2.07. The molecule has 0 spiro atoms. The van der Waals surface area contributed by atoms with E-state index in [9.17, 15) is 14.3 Å². The highest BCUT2D eigenvalue weighted by Gasteiger charge is 2.21. The summed E-state index contributed by atoms with van der Waals surface area (Å²) in [5.74, 6) is -1.30. The van der Waals surface area contributed by atoms with Crippen LogP contribution in [0.1, 0.15) is 16.1 Å². The Kier molecular flexibility index (Phi) is 4.22. The van der Waals surface area contributed by atoms with Crippen molar-refractivity contribution in [3.05, 3.63) is 70.6 Å². The molecular weight excluding hydrogens is 333 g/mol. The first kappa shape index (κ1) is 16.0. The molecule has 3 rings (SSSR count). The fraction of sp³-hybridized carbons (Fsp3) is 0.0588. The van der Waals surface area contributed by atoms with Crippen molar-refractivity contribution in [1.82, 2.24) is 9.78 Å². The van der Waals surface area contributed by atoms with Gasteiger partial charge in [-0.05, 0) is 49.4 Å². The molecule has 0 bridgehead atoms. The standard InChI is InChI=1S/C17H13ClFN3O2/c1-10-15(17(23)24)16(20-13-4-2-3-11(18)9-13)21-22(10)14-7-5-12(19)6-8-14/h2-9H,1H3,(H,20,21)(H,23,24). The number of hydrogen-bond donors (Lipinski definition) is 2. The fourth-order valence-corrected chi connectivity index (χ4v) is 2.57. The highest BCUT2D eigenvalue weighted by Crippen LogP contribution is 2.26. The lowest BCUT2D eigenvalue weighted by atomic mass is 10.2. The SMILES string of the molecule is Cc1c(C(=O)O)c(Nc2cccc(Cl)c2)nn1-c1ccc(F)cc1. The van der Waals surface area contributed by atoms with Crippen LogP contribution < -0.4 is 5.32 Å². The maximum atomic E-state index is 13.1. The molecule has 122 valence electrons. The number of anilines is 2. The first-order valence-electron chi connectivity index (χ1n) is 7.07. The van der Waals surface area contributed by atoms with E-state index in [1.807, 2.05) is 0 Å². The molecule has 0 unspecified atom stereocenters. The molecular formula is C17H13ClFN3O2. The average Bonchev–Trinajstić information content (AvgIpc) is 2.84. The largest absolute Gasteiger partial charge is 0.477 e. The summed E-state index contributed by atoms with van der Waals surface area (Å²) in [5.41, 5.74) is 1.65. The smallest absolute Gasteiger partial charge is 0.341 e. The van der Waals surface area contributed by atoms with E-state index < -0.39 is 5.97 Å². The van der Waals surface area contributed by atoms with Gasteiger partial charge in [0.1, 0.15) is 11.4 Å². The monoisotopic (exact) mass is 345 g/mol. The molecule has 2 aromatic carbocycles. The van der Waals surface area contributed by atoms with Crippen molar-refractivity contribution in [2.45, 2.75) is 6.92 Å². The number of benzene rings is 2. The van der Waals surface area contributed by atoms with Crippen LogP contribution in [0.3, 0.4) is 0 Å². The highest BCUT2D eigenvalue weighted by molar-refractivity contribution is 6.30. The molecule has 0 radical (unpaired) electrons. The van der Waals surface area contributed by atoms with Gasteiger partial charge in [0.25, 0.3) is 0 Å². The lowest BCUT2D eigenvalue weighted by Crippen LogP contribution is -2.03. The molecule has 1 aromatic heterocycles. The highest BCUT2D eigenvalue weighted by atomic mass is 35.5. The second-order valence-electron chi connectivity index (χ2n) is 5.14. The van der Waals surface area contributed by atoms with Crippen molar-refractivity contribution in [3.63, 3.8) is 0 Å². The number of nitrogens with one attached hydrogen (secondary N) is 1. The number of hydrogen-bond acceptors (Lipinski definition) is 3. The molecule has 0 saturated carbocycles. The number of carboxylic acids is 1. The molecule has 0 aliphatic rings. The zero-order valence-electron chi connectivity index (χ0n) is 12.6. The minimum absolute atomic E-state index is 0.0410. The predicted molar refractivity (Wildman–Crippen MR) is 90.0 cm³/mol. The van der Waals surface area contributed by atoms with Gasteiger partial charge < -0.3 is 10.4 Å². The quantitative estimate of drug-likeness (QED) is 0.734. The van der Waals surface area contributed by atoms with Crippen LogP contribution in [0.2, 0.25) is 5.02 Å². The molecule has 3 aromatic rings. The summed E-state index contributed by atoms with van der Waals surface area (Å²) in [6.45, 7) is 1.64. The second kappa shape index (κ2) is 6.33. The number of aromatic carboxylic acids is 1.